The fraction of sp³-hybridized carbons (Fsp3) is 0.556. The third-order valence-electron chi connectivity index (χ3n) is 1.84. The van der Waals surface area contributed by atoms with Crippen molar-refractivity contribution >= 4 is 37.1 Å². The molecule has 16 heavy (non-hydrogen) atoms. The molecule has 1 aromatic heterocycles. The molecule has 0 aliphatic rings. The molecule has 0 fully saturated rings. The standard InChI is InChI=1S/C9H14BrNO3S2/c1-14-9-8(10)5-7(15-9)6-11-3-4-16(2,12)13/h5,11H,3-4,6H2,1-2H3. The van der Waals surface area contributed by atoms with Crippen molar-refractivity contribution in [1.29, 1.82) is 0 Å². The van der Waals surface area contributed by atoms with Gasteiger partial charge in [0.15, 0.2) is 5.06 Å². The molecule has 0 amide bonds. The van der Waals surface area contributed by atoms with E-state index in [-0.39, 0.29) is 5.75 Å². The maximum Gasteiger partial charge on any atom is 0.188 e. The number of rotatable bonds is 6. The lowest BCUT2D eigenvalue weighted by Crippen LogP contribution is -2.21. The lowest BCUT2D eigenvalue weighted by molar-refractivity contribution is 0.425. The van der Waals surface area contributed by atoms with Gasteiger partial charge in [-0.05, 0) is 22.0 Å². The van der Waals surface area contributed by atoms with Crippen LogP contribution in [-0.2, 0) is 16.4 Å². The third kappa shape index (κ3) is 4.82. The number of hydrogen-bond acceptors (Lipinski definition) is 5. The summed E-state index contributed by atoms with van der Waals surface area (Å²) in [7, 11) is -1.26. The first-order chi connectivity index (χ1) is 7.42. The Hall–Kier alpha value is -0.110. The highest BCUT2D eigenvalue weighted by molar-refractivity contribution is 9.10. The Morgan fingerprint density at radius 1 is 1.56 bits per heavy atom. The van der Waals surface area contributed by atoms with Crippen LogP contribution in [0.15, 0.2) is 10.5 Å². The van der Waals surface area contributed by atoms with Crippen LogP contribution in [0.25, 0.3) is 0 Å². The van der Waals surface area contributed by atoms with Crippen molar-refractivity contribution in [3.8, 4) is 5.06 Å². The molecule has 1 heterocycles. The number of methoxy groups -OCH3 is 1. The topological polar surface area (TPSA) is 55.4 Å². The zero-order valence-electron chi connectivity index (χ0n) is 9.12. The monoisotopic (exact) mass is 327 g/mol. The zero-order chi connectivity index (χ0) is 12.2. The van der Waals surface area contributed by atoms with Crippen molar-refractivity contribution in [1.82, 2.24) is 5.32 Å². The van der Waals surface area contributed by atoms with Crippen LogP contribution in [0, 0.1) is 0 Å². The summed E-state index contributed by atoms with van der Waals surface area (Å²) in [6, 6.07) is 1.97. The van der Waals surface area contributed by atoms with Gasteiger partial charge in [-0.15, -0.1) is 11.3 Å². The maximum absolute atomic E-state index is 10.9. The molecule has 1 N–H and O–H groups in total. The van der Waals surface area contributed by atoms with Crippen LogP contribution in [0.3, 0.4) is 0 Å². The minimum atomic E-state index is -2.88. The van der Waals surface area contributed by atoms with Gasteiger partial charge < -0.3 is 10.1 Å². The highest BCUT2D eigenvalue weighted by Gasteiger charge is 2.07. The molecular formula is C9H14BrNO3S2. The van der Waals surface area contributed by atoms with Gasteiger partial charge in [0.1, 0.15) is 9.84 Å². The second-order valence-electron chi connectivity index (χ2n) is 3.36. The molecule has 0 aliphatic heterocycles. The molecule has 1 rings (SSSR count). The first-order valence-electron chi connectivity index (χ1n) is 4.63. The number of halogens is 1. The normalized spacial score (nSPS) is 11.7. The Morgan fingerprint density at radius 3 is 2.75 bits per heavy atom. The molecule has 0 aliphatic carbocycles. The van der Waals surface area contributed by atoms with Gasteiger partial charge in [-0.1, -0.05) is 0 Å². The van der Waals surface area contributed by atoms with Crippen molar-refractivity contribution in [3.05, 3.63) is 15.4 Å². The third-order valence-corrected chi connectivity index (χ3v) is 4.73. The lowest BCUT2D eigenvalue weighted by Gasteiger charge is -2.01. The Balaban J connectivity index is 2.38. The van der Waals surface area contributed by atoms with Crippen molar-refractivity contribution in [2.45, 2.75) is 6.54 Å². The predicted octanol–water partition coefficient (Wildman–Crippen LogP) is 1.65. The predicted molar refractivity (Wildman–Crippen MR) is 70.0 cm³/mol. The molecule has 0 spiro atoms. The summed E-state index contributed by atoms with van der Waals surface area (Å²) in [4.78, 5) is 1.11. The van der Waals surface area contributed by atoms with E-state index in [1.807, 2.05) is 6.07 Å². The van der Waals surface area contributed by atoms with Crippen molar-refractivity contribution in [2.24, 2.45) is 0 Å². The molecule has 0 atom stereocenters. The first-order valence-corrected chi connectivity index (χ1v) is 8.30. The molecule has 0 unspecified atom stereocenters. The molecule has 0 saturated carbocycles. The first kappa shape index (κ1) is 14.0. The Morgan fingerprint density at radius 2 is 2.25 bits per heavy atom. The van der Waals surface area contributed by atoms with E-state index >= 15 is 0 Å². The quantitative estimate of drug-likeness (QED) is 0.807. The van der Waals surface area contributed by atoms with E-state index in [9.17, 15) is 8.42 Å². The molecule has 0 bridgehead atoms. The molecular weight excluding hydrogens is 314 g/mol. The van der Waals surface area contributed by atoms with Crippen molar-refractivity contribution < 1.29 is 13.2 Å². The largest absolute Gasteiger partial charge is 0.486 e. The van der Waals surface area contributed by atoms with E-state index in [2.05, 4.69) is 21.2 Å². The van der Waals surface area contributed by atoms with Gasteiger partial charge in [0, 0.05) is 24.2 Å². The van der Waals surface area contributed by atoms with Gasteiger partial charge in [-0.3, -0.25) is 0 Å². The molecule has 7 heteroatoms. The minimum Gasteiger partial charge on any atom is -0.486 e. The van der Waals surface area contributed by atoms with Gasteiger partial charge in [0.05, 0.1) is 17.3 Å². The maximum atomic E-state index is 10.9. The second kappa shape index (κ2) is 6.00. The van der Waals surface area contributed by atoms with E-state index in [0.29, 0.717) is 13.1 Å². The summed E-state index contributed by atoms with van der Waals surface area (Å²) in [6.07, 6.45) is 1.24. The average Bonchev–Trinajstić information content (AvgIpc) is 2.52. The second-order valence-corrected chi connectivity index (χ2v) is 7.57. The van der Waals surface area contributed by atoms with Crippen LogP contribution in [-0.4, -0.2) is 34.1 Å². The van der Waals surface area contributed by atoms with Crippen LogP contribution in [0.1, 0.15) is 4.88 Å². The molecule has 0 saturated heterocycles. The molecule has 0 aromatic carbocycles. The van der Waals surface area contributed by atoms with Gasteiger partial charge in [0.25, 0.3) is 0 Å². The molecule has 0 radical (unpaired) electrons. The molecule has 92 valence electrons. The molecule has 1 aromatic rings. The van der Waals surface area contributed by atoms with Crippen LogP contribution in [0.2, 0.25) is 0 Å². The number of nitrogens with one attached hydrogen (secondary N) is 1. The van der Waals surface area contributed by atoms with Crippen LogP contribution >= 0.6 is 27.3 Å². The molecule has 4 nitrogen and oxygen atoms in total. The Kier molecular flexibility index (Phi) is 5.23. The van der Waals surface area contributed by atoms with Crippen LogP contribution < -0.4 is 10.1 Å². The fourth-order valence-electron chi connectivity index (χ4n) is 1.09. The van der Waals surface area contributed by atoms with E-state index in [0.717, 1.165) is 14.4 Å². The van der Waals surface area contributed by atoms with E-state index in [1.165, 1.54) is 17.6 Å². The minimum absolute atomic E-state index is 0.163. The number of hydrogen-bond donors (Lipinski definition) is 1. The summed E-state index contributed by atoms with van der Waals surface area (Å²) < 4.78 is 27.8. The Labute approximate surface area is 108 Å². The fourth-order valence-corrected chi connectivity index (χ4v) is 3.27. The van der Waals surface area contributed by atoms with Crippen LogP contribution in [0.5, 0.6) is 5.06 Å². The zero-order valence-corrected chi connectivity index (χ0v) is 12.3. The van der Waals surface area contributed by atoms with Crippen molar-refractivity contribution in [3.63, 3.8) is 0 Å². The van der Waals surface area contributed by atoms with Gasteiger partial charge in [0.2, 0.25) is 0 Å². The highest BCUT2D eigenvalue weighted by atomic mass is 79.9. The van der Waals surface area contributed by atoms with Gasteiger partial charge >= 0.3 is 0 Å². The number of thiophene rings is 1. The smallest absolute Gasteiger partial charge is 0.188 e. The van der Waals surface area contributed by atoms with Gasteiger partial charge in [-0.2, -0.15) is 0 Å². The number of sulfone groups is 1. The Bertz CT molecular complexity index is 442. The summed E-state index contributed by atoms with van der Waals surface area (Å²) >= 11 is 4.92. The SMILES string of the molecule is COc1sc(CNCCS(C)(=O)=O)cc1Br. The van der Waals surface area contributed by atoms with Crippen LogP contribution in [0.4, 0.5) is 0 Å². The summed E-state index contributed by atoms with van der Waals surface area (Å²) in [6.45, 7) is 1.12. The van der Waals surface area contributed by atoms with E-state index in [4.69, 9.17) is 4.74 Å². The summed E-state index contributed by atoms with van der Waals surface area (Å²) in [5.74, 6) is 0.163. The summed E-state index contributed by atoms with van der Waals surface area (Å²) in [5, 5.41) is 3.91. The van der Waals surface area contributed by atoms with Crippen molar-refractivity contribution in [2.75, 3.05) is 25.7 Å². The lowest BCUT2D eigenvalue weighted by atomic mass is 10.4. The number of ether oxygens (including phenoxy) is 1. The summed E-state index contributed by atoms with van der Waals surface area (Å²) in [5.41, 5.74) is 0. The van der Waals surface area contributed by atoms with E-state index < -0.39 is 9.84 Å². The highest BCUT2D eigenvalue weighted by Crippen LogP contribution is 2.34. The van der Waals surface area contributed by atoms with E-state index in [1.54, 1.807) is 7.11 Å². The van der Waals surface area contributed by atoms with Gasteiger partial charge in [-0.25, -0.2) is 8.42 Å². The average molecular weight is 328 g/mol.